The van der Waals surface area contributed by atoms with Gasteiger partial charge in [0.15, 0.2) is 0 Å². The number of carbonyl (C=O) groups excluding carboxylic acids is 1. The molecule has 3 rings (SSSR count). The Hall–Kier alpha value is -2.47. The van der Waals surface area contributed by atoms with Gasteiger partial charge in [0.05, 0.1) is 29.9 Å². The third-order valence-corrected chi connectivity index (χ3v) is 4.72. The van der Waals surface area contributed by atoms with Crippen LogP contribution in [0.5, 0.6) is 5.75 Å². The molecule has 1 amide bonds. The van der Waals surface area contributed by atoms with E-state index in [9.17, 15) is 4.79 Å². The highest BCUT2D eigenvalue weighted by Crippen LogP contribution is 2.25. The third kappa shape index (κ3) is 3.89. The molecule has 124 valence electrons. The third-order valence-electron chi connectivity index (χ3n) is 3.61. The molecule has 5 nitrogen and oxygen atoms in total. The lowest BCUT2D eigenvalue weighted by Crippen LogP contribution is -2.30. The van der Waals surface area contributed by atoms with Gasteiger partial charge in [0.1, 0.15) is 11.6 Å². The van der Waals surface area contributed by atoms with E-state index in [2.05, 4.69) is 15.3 Å². The number of carbonyl (C=O) groups is 1. The fraction of sp³-hybridized carbons (Fsp3) is 0.222. The van der Waals surface area contributed by atoms with Gasteiger partial charge >= 0.3 is 0 Å². The number of nitrogens with one attached hydrogen (secondary N) is 2. The summed E-state index contributed by atoms with van der Waals surface area (Å²) in [7, 11) is 1.64. The van der Waals surface area contributed by atoms with Crippen LogP contribution in [0.15, 0.2) is 53.4 Å². The van der Waals surface area contributed by atoms with Crippen molar-refractivity contribution in [1.29, 1.82) is 0 Å². The molecule has 0 saturated carbocycles. The summed E-state index contributed by atoms with van der Waals surface area (Å²) in [5.41, 5.74) is 1.88. The van der Waals surface area contributed by atoms with Crippen molar-refractivity contribution >= 4 is 28.7 Å². The van der Waals surface area contributed by atoms with E-state index < -0.39 is 0 Å². The van der Waals surface area contributed by atoms with Crippen LogP contribution in [-0.2, 0) is 11.3 Å². The van der Waals surface area contributed by atoms with Gasteiger partial charge in [0.25, 0.3) is 0 Å². The second-order valence-corrected chi connectivity index (χ2v) is 6.77. The number of ether oxygens (including phenoxy) is 1. The Kier molecular flexibility index (Phi) is 5.05. The topological polar surface area (TPSA) is 67.0 Å². The van der Waals surface area contributed by atoms with Gasteiger partial charge in [-0.25, -0.2) is 4.98 Å². The minimum absolute atomic E-state index is 0.0173. The van der Waals surface area contributed by atoms with Crippen LogP contribution in [0.4, 0.5) is 0 Å². The Morgan fingerprint density at radius 1 is 1.25 bits per heavy atom. The summed E-state index contributed by atoms with van der Waals surface area (Å²) < 4.78 is 5.14. The Morgan fingerprint density at radius 3 is 2.71 bits per heavy atom. The lowest BCUT2D eigenvalue weighted by molar-refractivity contribution is -0.120. The summed E-state index contributed by atoms with van der Waals surface area (Å²) in [5.74, 6) is 1.55. The van der Waals surface area contributed by atoms with Crippen LogP contribution in [0.3, 0.4) is 0 Å². The Labute approximate surface area is 144 Å². The van der Waals surface area contributed by atoms with Gasteiger partial charge in [-0.05, 0) is 43.3 Å². The molecule has 3 aromatic rings. The monoisotopic (exact) mass is 341 g/mol. The number of hydrogen-bond acceptors (Lipinski definition) is 4. The van der Waals surface area contributed by atoms with Crippen LogP contribution in [0.1, 0.15) is 12.7 Å². The van der Waals surface area contributed by atoms with Crippen LogP contribution in [0.2, 0.25) is 0 Å². The summed E-state index contributed by atoms with van der Waals surface area (Å²) >= 11 is 1.51. The number of fused-ring (bicyclic) bond motifs is 1. The number of nitrogens with zero attached hydrogens (tertiary/aromatic N) is 1. The molecule has 0 aliphatic carbocycles. The van der Waals surface area contributed by atoms with E-state index in [0.29, 0.717) is 6.54 Å². The molecule has 1 atom stereocenters. The van der Waals surface area contributed by atoms with Crippen molar-refractivity contribution < 1.29 is 9.53 Å². The first-order chi connectivity index (χ1) is 11.7. The number of methoxy groups -OCH3 is 1. The summed E-state index contributed by atoms with van der Waals surface area (Å²) in [4.78, 5) is 21.0. The maximum atomic E-state index is 12.3. The largest absolute Gasteiger partial charge is 0.497 e. The van der Waals surface area contributed by atoms with E-state index in [4.69, 9.17) is 4.74 Å². The van der Waals surface area contributed by atoms with Crippen LogP contribution in [0, 0.1) is 0 Å². The van der Waals surface area contributed by atoms with Crippen molar-refractivity contribution in [2.75, 3.05) is 7.11 Å². The van der Waals surface area contributed by atoms with Crippen molar-refractivity contribution in [2.24, 2.45) is 0 Å². The van der Waals surface area contributed by atoms with Crippen LogP contribution < -0.4 is 10.1 Å². The minimum atomic E-state index is -0.192. The molecule has 0 fully saturated rings. The zero-order valence-electron chi connectivity index (χ0n) is 13.6. The highest BCUT2D eigenvalue weighted by Gasteiger charge is 2.14. The highest BCUT2D eigenvalue weighted by atomic mass is 32.2. The van der Waals surface area contributed by atoms with Gasteiger partial charge in [0, 0.05) is 4.90 Å². The number of amides is 1. The van der Waals surface area contributed by atoms with Crippen molar-refractivity contribution in [3.63, 3.8) is 0 Å². The van der Waals surface area contributed by atoms with Crippen molar-refractivity contribution in [1.82, 2.24) is 15.3 Å². The molecule has 0 aliphatic rings. The number of thioether (sulfide) groups is 1. The zero-order chi connectivity index (χ0) is 16.9. The first-order valence-corrected chi connectivity index (χ1v) is 8.56. The summed E-state index contributed by atoms with van der Waals surface area (Å²) in [6, 6.07) is 15.5. The molecule has 6 heteroatoms. The standard InChI is InChI=1S/C18H19N3O2S/c1-12(24-14-9-7-13(23-2)8-10-14)18(22)19-11-17-20-15-5-3-4-6-16(15)21-17/h3-10,12H,11H2,1-2H3,(H,19,22)(H,20,21). The molecule has 1 unspecified atom stereocenters. The predicted octanol–water partition coefficient (Wildman–Crippen LogP) is 3.37. The molecule has 24 heavy (non-hydrogen) atoms. The summed E-state index contributed by atoms with van der Waals surface area (Å²) in [5, 5.41) is 2.73. The number of benzene rings is 2. The molecule has 0 bridgehead atoms. The number of aromatic amines is 1. The fourth-order valence-corrected chi connectivity index (χ4v) is 3.21. The predicted molar refractivity (Wildman–Crippen MR) is 96.3 cm³/mol. The van der Waals surface area contributed by atoms with Gasteiger partial charge in [-0.2, -0.15) is 0 Å². The van der Waals surface area contributed by atoms with Crippen molar-refractivity contribution in [3.8, 4) is 5.75 Å². The number of rotatable bonds is 6. The number of para-hydroxylation sites is 2. The summed E-state index contributed by atoms with van der Waals surface area (Å²) in [6.45, 7) is 2.28. The molecule has 0 saturated heterocycles. The second kappa shape index (κ2) is 7.40. The number of H-pyrrole nitrogens is 1. The normalized spacial score (nSPS) is 12.1. The molecular weight excluding hydrogens is 322 g/mol. The Balaban J connectivity index is 1.55. The van der Waals surface area contributed by atoms with E-state index in [1.165, 1.54) is 11.8 Å². The molecule has 2 aromatic carbocycles. The fourth-order valence-electron chi connectivity index (χ4n) is 2.32. The van der Waals surface area contributed by atoms with E-state index >= 15 is 0 Å². The SMILES string of the molecule is COc1ccc(SC(C)C(=O)NCc2nc3ccccc3[nH]2)cc1. The molecule has 0 radical (unpaired) electrons. The number of hydrogen-bond donors (Lipinski definition) is 2. The van der Waals surface area contributed by atoms with Crippen LogP contribution in [-0.4, -0.2) is 28.2 Å². The first kappa shape index (κ1) is 16.4. The van der Waals surface area contributed by atoms with E-state index in [-0.39, 0.29) is 11.2 Å². The van der Waals surface area contributed by atoms with E-state index in [0.717, 1.165) is 27.5 Å². The van der Waals surface area contributed by atoms with E-state index in [1.54, 1.807) is 7.11 Å². The minimum Gasteiger partial charge on any atom is -0.497 e. The van der Waals surface area contributed by atoms with Crippen molar-refractivity contribution in [3.05, 3.63) is 54.4 Å². The number of imidazole rings is 1. The number of aromatic nitrogens is 2. The van der Waals surface area contributed by atoms with E-state index in [1.807, 2.05) is 55.5 Å². The first-order valence-electron chi connectivity index (χ1n) is 7.68. The molecular formula is C18H19N3O2S. The van der Waals surface area contributed by atoms with Crippen molar-refractivity contribution in [2.45, 2.75) is 23.6 Å². The van der Waals surface area contributed by atoms with Crippen LogP contribution in [0.25, 0.3) is 11.0 Å². The molecule has 0 spiro atoms. The lowest BCUT2D eigenvalue weighted by atomic mass is 10.3. The average Bonchev–Trinajstić information content (AvgIpc) is 3.03. The molecule has 1 aromatic heterocycles. The highest BCUT2D eigenvalue weighted by molar-refractivity contribution is 8.00. The lowest BCUT2D eigenvalue weighted by Gasteiger charge is -2.11. The molecule has 2 N–H and O–H groups in total. The molecule has 0 aliphatic heterocycles. The van der Waals surface area contributed by atoms with Gasteiger partial charge in [-0.1, -0.05) is 12.1 Å². The van der Waals surface area contributed by atoms with Crippen LogP contribution >= 0.6 is 11.8 Å². The van der Waals surface area contributed by atoms with Gasteiger partial charge in [-0.3, -0.25) is 4.79 Å². The van der Waals surface area contributed by atoms with Gasteiger partial charge in [-0.15, -0.1) is 11.8 Å². The van der Waals surface area contributed by atoms with Gasteiger partial charge in [0.2, 0.25) is 5.91 Å². The quantitative estimate of drug-likeness (QED) is 0.675. The molecule has 1 heterocycles. The van der Waals surface area contributed by atoms with Gasteiger partial charge < -0.3 is 15.0 Å². The average molecular weight is 341 g/mol. The Morgan fingerprint density at radius 2 is 2.00 bits per heavy atom. The zero-order valence-corrected chi connectivity index (χ0v) is 14.4. The summed E-state index contributed by atoms with van der Waals surface area (Å²) in [6.07, 6.45) is 0. The Bertz CT molecular complexity index is 797. The smallest absolute Gasteiger partial charge is 0.233 e. The maximum absolute atomic E-state index is 12.3. The maximum Gasteiger partial charge on any atom is 0.233 e. The second-order valence-electron chi connectivity index (χ2n) is 5.35.